The fraction of sp³-hybridized carbons (Fsp3) is 0.923. The Morgan fingerprint density at radius 1 is 1.47 bits per heavy atom. The Bertz CT molecular complexity index is 253. The third kappa shape index (κ3) is 4.64. The normalized spacial score (nSPS) is 25.7. The van der Waals surface area contributed by atoms with E-state index in [1.165, 1.54) is 0 Å². The maximum absolute atomic E-state index is 12.3. The van der Waals surface area contributed by atoms with Crippen LogP contribution in [0, 0.1) is 5.92 Å². The van der Waals surface area contributed by atoms with Crippen molar-refractivity contribution in [1.82, 2.24) is 10.2 Å². The fourth-order valence-corrected chi connectivity index (χ4v) is 2.28. The number of nitrogens with one attached hydrogen (secondary N) is 1. The van der Waals surface area contributed by atoms with Gasteiger partial charge in [0.15, 0.2) is 0 Å². The van der Waals surface area contributed by atoms with Crippen molar-refractivity contribution >= 4 is 5.91 Å². The van der Waals surface area contributed by atoms with E-state index in [1.54, 1.807) is 18.7 Å². The van der Waals surface area contributed by atoms with Gasteiger partial charge in [0, 0.05) is 25.7 Å². The van der Waals surface area contributed by atoms with Crippen LogP contribution in [-0.4, -0.2) is 47.2 Å². The van der Waals surface area contributed by atoms with Gasteiger partial charge in [-0.3, -0.25) is 4.79 Å². The Balaban J connectivity index is 2.54. The topological polar surface area (TPSA) is 52.6 Å². The molecule has 0 aromatic rings. The van der Waals surface area contributed by atoms with E-state index in [9.17, 15) is 9.90 Å². The number of carbonyl (C=O) groups is 1. The van der Waals surface area contributed by atoms with Gasteiger partial charge in [-0.15, -0.1) is 0 Å². The SMILES string of the molecule is CCN(CC(C)(C)O)C(=O)C1CCC(C)NC1. The van der Waals surface area contributed by atoms with Crippen molar-refractivity contribution in [1.29, 1.82) is 0 Å². The predicted octanol–water partition coefficient (Wildman–Crippen LogP) is 0.994. The lowest BCUT2D eigenvalue weighted by Crippen LogP contribution is -2.49. The molecule has 0 aromatic carbocycles. The van der Waals surface area contributed by atoms with Crippen LogP contribution < -0.4 is 5.32 Å². The second kappa shape index (κ2) is 5.83. The Kier molecular flexibility index (Phi) is 4.95. The summed E-state index contributed by atoms with van der Waals surface area (Å²) in [6.45, 7) is 9.43. The third-order valence-corrected chi connectivity index (χ3v) is 3.28. The third-order valence-electron chi connectivity index (χ3n) is 3.28. The number of amides is 1. The first-order valence-corrected chi connectivity index (χ1v) is 6.58. The van der Waals surface area contributed by atoms with Crippen LogP contribution in [0.25, 0.3) is 0 Å². The molecule has 4 nitrogen and oxygen atoms in total. The van der Waals surface area contributed by atoms with E-state index < -0.39 is 5.60 Å². The lowest BCUT2D eigenvalue weighted by atomic mass is 9.94. The van der Waals surface area contributed by atoms with Crippen LogP contribution in [0.1, 0.15) is 40.5 Å². The van der Waals surface area contributed by atoms with Gasteiger partial charge in [0.2, 0.25) is 5.91 Å². The molecule has 1 saturated heterocycles. The minimum Gasteiger partial charge on any atom is -0.389 e. The maximum atomic E-state index is 12.3. The summed E-state index contributed by atoms with van der Waals surface area (Å²) in [5, 5.41) is 13.1. The molecule has 0 spiro atoms. The van der Waals surface area contributed by atoms with Gasteiger partial charge in [-0.05, 0) is 40.5 Å². The summed E-state index contributed by atoms with van der Waals surface area (Å²) in [5.74, 6) is 0.252. The van der Waals surface area contributed by atoms with Gasteiger partial charge < -0.3 is 15.3 Å². The monoisotopic (exact) mass is 242 g/mol. The first kappa shape index (κ1) is 14.5. The summed E-state index contributed by atoms with van der Waals surface area (Å²) in [5.41, 5.74) is -0.818. The van der Waals surface area contributed by atoms with E-state index in [-0.39, 0.29) is 11.8 Å². The molecule has 2 unspecified atom stereocenters. The standard InChI is InChI=1S/C13H26N2O2/c1-5-15(9-13(3,4)17)12(16)11-7-6-10(2)14-8-11/h10-11,14,17H,5-9H2,1-4H3. The highest BCUT2D eigenvalue weighted by atomic mass is 16.3. The highest BCUT2D eigenvalue weighted by Crippen LogP contribution is 2.18. The molecule has 0 aliphatic carbocycles. The number of piperidine rings is 1. The van der Waals surface area contributed by atoms with Crippen molar-refractivity contribution in [3.05, 3.63) is 0 Å². The predicted molar refractivity (Wildman–Crippen MR) is 68.7 cm³/mol. The number of nitrogens with zero attached hydrogens (tertiary/aromatic N) is 1. The Hall–Kier alpha value is -0.610. The quantitative estimate of drug-likeness (QED) is 0.773. The molecule has 0 aromatic heterocycles. The molecule has 17 heavy (non-hydrogen) atoms. The smallest absolute Gasteiger partial charge is 0.227 e. The summed E-state index contributed by atoms with van der Waals surface area (Å²) < 4.78 is 0. The average Bonchev–Trinajstić information content (AvgIpc) is 2.25. The zero-order valence-electron chi connectivity index (χ0n) is 11.5. The van der Waals surface area contributed by atoms with Crippen molar-refractivity contribution in [2.45, 2.75) is 52.2 Å². The molecular formula is C13H26N2O2. The maximum Gasteiger partial charge on any atom is 0.227 e. The molecule has 0 saturated carbocycles. The van der Waals surface area contributed by atoms with E-state index in [2.05, 4.69) is 12.2 Å². The molecule has 1 aliphatic heterocycles. The van der Waals surface area contributed by atoms with E-state index in [0.717, 1.165) is 19.4 Å². The first-order chi connectivity index (χ1) is 7.83. The molecule has 0 bridgehead atoms. The van der Waals surface area contributed by atoms with Gasteiger partial charge in [0.25, 0.3) is 0 Å². The minimum absolute atomic E-state index is 0.0773. The van der Waals surface area contributed by atoms with Crippen molar-refractivity contribution in [2.24, 2.45) is 5.92 Å². The minimum atomic E-state index is -0.818. The molecule has 2 N–H and O–H groups in total. The van der Waals surface area contributed by atoms with Gasteiger partial charge in [0.05, 0.1) is 11.5 Å². The Morgan fingerprint density at radius 3 is 2.53 bits per heavy atom. The Labute approximate surface area is 104 Å². The summed E-state index contributed by atoms with van der Waals surface area (Å²) in [7, 11) is 0. The van der Waals surface area contributed by atoms with Gasteiger partial charge in [0.1, 0.15) is 0 Å². The van der Waals surface area contributed by atoms with Gasteiger partial charge >= 0.3 is 0 Å². The molecule has 1 rings (SSSR count). The number of hydrogen-bond donors (Lipinski definition) is 2. The molecule has 1 heterocycles. The molecule has 1 aliphatic rings. The first-order valence-electron chi connectivity index (χ1n) is 6.58. The van der Waals surface area contributed by atoms with Crippen LogP contribution in [0.15, 0.2) is 0 Å². The van der Waals surface area contributed by atoms with Crippen LogP contribution in [-0.2, 0) is 4.79 Å². The van der Waals surface area contributed by atoms with Crippen molar-refractivity contribution in [2.75, 3.05) is 19.6 Å². The second-order valence-electron chi connectivity index (χ2n) is 5.75. The number of carbonyl (C=O) groups excluding carboxylic acids is 1. The molecule has 2 atom stereocenters. The average molecular weight is 242 g/mol. The van der Waals surface area contributed by atoms with Crippen LogP contribution in [0.2, 0.25) is 0 Å². The van der Waals surface area contributed by atoms with Crippen LogP contribution in [0.5, 0.6) is 0 Å². The summed E-state index contributed by atoms with van der Waals surface area (Å²) in [6.07, 6.45) is 2.01. The van der Waals surface area contributed by atoms with E-state index in [0.29, 0.717) is 19.1 Å². The van der Waals surface area contributed by atoms with Crippen LogP contribution >= 0.6 is 0 Å². The lowest BCUT2D eigenvalue weighted by Gasteiger charge is -2.34. The fourth-order valence-electron chi connectivity index (χ4n) is 2.28. The summed E-state index contributed by atoms with van der Waals surface area (Å²) >= 11 is 0. The summed E-state index contributed by atoms with van der Waals surface area (Å²) in [4.78, 5) is 14.1. The number of rotatable bonds is 4. The highest BCUT2D eigenvalue weighted by Gasteiger charge is 2.29. The Morgan fingerprint density at radius 2 is 2.12 bits per heavy atom. The van der Waals surface area contributed by atoms with Crippen molar-refractivity contribution < 1.29 is 9.90 Å². The molecule has 100 valence electrons. The second-order valence-corrected chi connectivity index (χ2v) is 5.75. The zero-order valence-corrected chi connectivity index (χ0v) is 11.5. The number of hydrogen-bond acceptors (Lipinski definition) is 3. The zero-order chi connectivity index (χ0) is 13.1. The molecule has 1 amide bonds. The molecular weight excluding hydrogens is 216 g/mol. The van der Waals surface area contributed by atoms with Crippen LogP contribution in [0.4, 0.5) is 0 Å². The summed E-state index contributed by atoms with van der Waals surface area (Å²) in [6, 6.07) is 0.517. The largest absolute Gasteiger partial charge is 0.389 e. The van der Waals surface area contributed by atoms with Crippen molar-refractivity contribution in [3.8, 4) is 0 Å². The van der Waals surface area contributed by atoms with Crippen LogP contribution in [0.3, 0.4) is 0 Å². The van der Waals surface area contributed by atoms with E-state index in [1.807, 2.05) is 6.92 Å². The van der Waals surface area contributed by atoms with Gasteiger partial charge in [-0.2, -0.15) is 0 Å². The van der Waals surface area contributed by atoms with Gasteiger partial charge in [-0.25, -0.2) is 0 Å². The van der Waals surface area contributed by atoms with Gasteiger partial charge in [-0.1, -0.05) is 0 Å². The van der Waals surface area contributed by atoms with Crippen molar-refractivity contribution in [3.63, 3.8) is 0 Å². The molecule has 1 fully saturated rings. The van der Waals surface area contributed by atoms with E-state index >= 15 is 0 Å². The number of likely N-dealkylation sites (N-methyl/N-ethyl adjacent to an activating group) is 1. The van der Waals surface area contributed by atoms with E-state index in [4.69, 9.17) is 0 Å². The number of aliphatic hydroxyl groups is 1. The highest BCUT2D eigenvalue weighted by molar-refractivity contribution is 5.79. The molecule has 4 heteroatoms. The lowest BCUT2D eigenvalue weighted by molar-refractivity contribution is -0.139. The molecule has 0 radical (unpaired) electrons.